The molecule has 0 atom stereocenters. The van der Waals surface area contributed by atoms with E-state index in [-0.39, 0.29) is 12.2 Å². The van der Waals surface area contributed by atoms with E-state index in [1.807, 2.05) is 12.1 Å². The van der Waals surface area contributed by atoms with Crippen molar-refractivity contribution in [3.63, 3.8) is 0 Å². The molecule has 3 aromatic rings. The number of rotatable bonds is 6. The third kappa shape index (κ3) is 5.16. The number of nitrogens with zero attached hydrogens (tertiary/aromatic N) is 1. The number of furan rings is 1. The van der Waals surface area contributed by atoms with E-state index < -0.39 is 11.9 Å². The molecule has 0 aliphatic carbocycles. The highest BCUT2D eigenvalue weighted by Gasteiger charge is 2.13. The van der Waals surface area contributed by atoms with Gasteiger partial charge in [-0.1, -0.05) is 23.7 Å². The Morgan fingerprint density at radius 3 is 2.60 bits per heavy atom. The molecule has 1 amide bonds. The fourth-order valence-corrected chi connectivity index (χ4v) is 2.81. The number of benzene rings is 2. The molecule has 7 heteroatoms. The number of nitriles is 1. The molecule has 30 heavy (non-hydrogen) atoms. The van der Waals surface area contributed by atoms with Crippen molar-refractivity contribution in [1.29, 1.82) is 5.26 Å². The summed E-state index contributed by atoms with van der Waals surface area (Å²) in [6.45, 7) is 2.00. The van der Waals surface area contributed by atoms with E-state index in [4.69, 9.17) is 20.8 Å². The van der Waals surface area contributed by atoms with Crippen LogP contribution in [0, 0.1) is 11.3 Å². The van der Waals surface area contributed by atoms with Gasteiger partial charge in [0.05, 0.1) is 12.2 Å². The van der Waals surface area contributed by atoms with Gasteiger partial charge in [-0.05, 0) is 55.5 Å². The molecule has 1 heterocycles. The van der Waals surface area contributed by atoms with E-state index >= 15 is 0 Å². The van der Waals surface area contributed by atoms with E-state index in [1.54, 1.807) is 49.4 Å². The molecule has 1 aromatic heterocycles. The average molecular weight is 421 g/mol. The third-order valence-corrected chi connectivity index (χ3v) is 4.28. The maximum Gasteiger partial charge on any atom is 0.338 e. The topological polar surface area (TPSA) is 92.3 Å². The molecule has 0 saturated heterocycles. The molecule has 0 unspecified atom stereocenters. The first-order valence-corrected chi connectivity index (χ1v) is 9.44. The van der Waals surface area contributed by atoms with Gasteiger partial charge in [0.15, 0.2) is 0 Å². The summed E-state index contributed by atoms with van der Waals surface area (Å²) in [5.41, 5.74) is 1.46. The van der Waals surface area contributed by atoms with Crippen LogP contribution in [-0.2, 0) is 9.53 Å². The standard InChI is InChI=1S/C23H17ClN2O4/c1-2-29-23(28)15-6-8-19(9-7-15)26-22(27)17(14-25)13-20-10-11-21(30-20)16-4-3-5-18(24)12-16/h3-13H,2H2,1H3,(H,26,27). The Balaban J connectivity index is 1.73. The third-order valence-electron chi connectivity index (χ3n) is 4.04. The molecule has 0 bridgehead atoms. The summed E-state index contributed by atoms with van der Waals surface area (Å²) in [5.74, 6) is -0.117. The zero-order valence-electron chi connectivity index (χ0n) is 16.0. The number of ether oxygens (including phenoxy) is 1. The van der Waals surface area contributed by atoms with Crippen molar-refractivity contribution >= 4 is 35.2 Å². The maximum atomic E-state index is 12.4. The second-order valence-electron chi connectivity index (χ2n) is 6.13. The monoisotopic (exact) mass is 420 g/mol. The Morgan fingerprint density at radius 1 is 1.17 bits per heavy atom. The number of hydrogen-bond donors (Lipinski definition) is 1. The number of halogens is 1. The molecule has 0 saturated carbocycles. The number of carbonyl (C=O) groups excluding carboxylic acids is 2. The Morgan fingerprint density at radius 2 is 1.93 bits per heavy atom. The molecule has 3 rings (SSSR count). The summed E-state index contributed by atoms with van der Waals surface area (Å²) >= 11 is 5.99. The zero-order valence-corrected chi connectivity index (χ0v) is 16.8. The van der Waals surface area contributed by atoms with E-state index in [0.29, 0.717) is 27.8 Å². The first kappa shape index (κ1) is 20.9. The molecular formula is C23H17ClN2O4. The molecule has 150 valence electrons. The van der Waals surface area contributed by atoms with Crippen LogP contribution in [0.4, 0.5) is 5.69 Å². The number of anilines is 1. The van der Waals surface area contributed by atoms with Crippen LogP contribution in [0.5, 0.6) is 0 Å². The minimum Gasteiger partial charge on any atom is -0.462 e. The van der Waals surface area contributed by atoms with Crippen molar-refractivity contribution in [1.82, 2.24) is 0 Å². The summed E-state index contributed by atoms with van der Waals surface area (Å²) in [7, 11) is 0. The molecule has 0 radical (unpaired) electrons. The summed E-state index contributed by atoms with van der Waals surface area (Å²) in [4.78, 5) is 24.1. The maximum absolute atomic E-state index is 12.4. The summed E-state index contributed by atoms with van der Waals surface area (Å²) < 4.78 is 10.6. The van der Waals surface area contributed by atoms with Crippen LogP contribution < -0.4 is 5.32 Å². The van der Waals surface area contributed by atoms with Gasteiger partial charge in [0.1, 0.15) is 23.2 Å². The predicted octanol–water partition coefficient (Wildman–Crippen LogP) is 5.32. The number of carbonyl (C=O) groups is 2. The highest BCUT2D eigenvalue weighted by molar-refractivity contribution is 6.30. The van der Waals surface area contributed by atoms with E-state index in [9.17, 15) is 14.9 Å². The number of hydrogen-bond acceptors (Lipinski definition) is 5. The van der Waals surface area contributed by atoms with Gasteiger partial charge < -0.3 is 14.5 Å². The van der Waals surface area contributed by atoms with Gasteiger partial charge in [0.2, 0.25) is 0 Å². The van der Waals surface area contributed by atoms with E-state index in [0.717, 1.165) is 5.56 Å². The second kappa shape index (κ2) is 9.59. The van der Waals surface area contributed by atoms with Crippen molar-refractivity contribution in [2.45, 2.75) is 6.92 Å². The number of esters is 1. The number of amides is 1. The van der Waals surface area contributed by atoms with Crippen LogP contribution >= 0.6 is 11.6 Å². The van der Waals surface area contributed by atoms with Crippen LogP contribution in [0.15, 0.2) is 70.7 Å². The Bertz CT molecular complexity index is 1140. The van der Waals surface area contributed by atoms with Crippen LogP contribution in [-0.4, -0.2) is 18.5 Å². The lowest BCUT2D eigenvalue weighted by molar-refractivity contribution is -0.112. The van der Waals surface area contributed by atoms with Crippen LogP contribution in [0.25, 0.3) is 17.4 Å². The van der Waals surface area contributed by atoms with Crippen molar-refractivity contribution in [3.05, 3.63) is 82.6 Å². The van der Waals surface area contributed by atoms with Gasteiger partial charge >= 0.3 is 5.97 Å². The second-order valence-corrected chi connectivity index (χ2v) is 6.57. The molecule has 2 aromatic carbocycles. The SMILES string of the molecule is CCOC(=O)c1ccc(NC(=O)C(C#N)=Cc2ccc(-c3cccc(Cl)c3)o2)cc1. The van der Waals surface area contributed by atoms with E-state index in [1.165, 1.54) is 18.2 Å². The Hall–Kier alpha value is -3.82. The molecular weight excluding hydrogens is 404 g/mol. The van der Waals surface area contributed by atoms with Crippen LogP contribution in [0.2, 0.25) is 5.02 Å². The van der Waals surface area contributed by atoms with Gasteiger partial charge in [-0.3, -0.25) is 4.79 Å². The van der Waals surface area contributed by atoms with Gasteiger partial charge in [0.25, 0.3) is 5.91 Å². The van der Waals surface area contributed by atoms with Crippen LogP contribution in [0.1, 0.15) is 23.0 Å². The molecule has 0 aliphatic rings. The highest BCUT2D eigenvalue weighted by Crippen LogP contribution is 2.26. The normalized spacial score (nSPS) is 10.9. The zero-order chi connectivity index (χ0) is 21.5. The largest absolute Gasteiger partial charge is 0.462 e. The van der Waals surface area contributed by atoms with Crippen molar-refractivity contribution in [2.24, 2.45) is 0 Å². The summed E-state index contributed by atoms with van der Waals surface area (Å²) in [6, 6.07) is 18.6. The van der Waals surface area contributed by atoms with Crippen molar-refractivity contribution < 1.29 is 18.7 Å². The van der Waals surface area contributed by atoms with E-state index in [2.05, 4.69) is 5.32 Å². The van der Waals surface area contributed by atoms with Gasteiger partial charge in [-0.2, -0.15) is 5.26 Å². The average Bonchev–Trinajstić information content (AvgIpc) is 3.21. The lowest BCUT2D eigenvalue weighted by atomic mass is 10.2. The smallest absolute Gasteiger partial charge is 0.338 e. The predicted molar refractivity (Wildman–Crippen MR) is 114 cm³/mol. The molecule has 6 nitrogen and oxygen atoms in total. The summed E-state index contributed by atoms with van der Waals surface area (Å²) in [5, 5.41) is 12.6. The molecule has 0 fully saturated rings. The van der Waals surface area contributed by atoms with Crippen molar-refractivity contribution in [2.75, 3.05) is 11.9 Å². The lowest BCUT2D eigenvalue weighted by Gasteiger charge is -2.06. The van der Waals surface area contributed by atoms with Gasteiger partial charge in [-0.25, -0.2) is 4.79 Å². The number of nitrogens with one attached hydrogen (secondary N) is 1. The molecule has 0 aliphatic heterocycles. The van der Waals surface area contributed by atoms with Gasteiger partial charge in [-0.15, -0.1) is 0 Å². The highest BCUT2D eigenvalue weighted by atomic mass is 35.5. The van der Waals surface area contributed by atoms with Crippen molar-refractivity contribution in [3.8, 4) is 17.4 Å². The molecule has 1 N–H and O–H groups in total. The van der Waals surface area contributed by atoms with Gasteiger partial charge in [0, 0.05) is 22.3 Å². The summed E-state index contributed by atoms with van der Waals surface area (Å²) in [6.07, 6.45) is 1.36. The quantitative estimate of drug-likeness (QED) is 0.331. The lowest BCUT2D eigenvalue weighted by Crippen LogP contribution is -2.13. The first-order chi connectivity index (χ1) is 14.5. The fraction of sp³-hybridized carbons (Fsp3) is 0.0870. The Labute approximate surface area is 178 Å². The minimum atomic E-state index is -0.595. The van der Waals surface area contributed by atoms with Crippen LogP contribution in [0.3, 0.4) is 0 Å². The fourth-order valence-electron chi connectivity index (χ4n) is 2.62. The first-order valence-electron chi connectivity index (χ1n) is 9.06. The molecule has 0 spiro atoms. The minimum absolute atomic E-state index is 0.128. The Kier molecular flexibility index (Phi) is 6.68.